The molecule has 196 valence electrons. The summed E-state index contributed by atoms with van der Waals surface area (Å²) in [5.41, 5.74) is -1.05. The third-order valence-corrected chi connectivity index (χ3v) is 6.52. The monoisotopic (exact) mass is 498 g/mol. The molecule has 2 atom stereocenters. The van der Waals surface area contributed by atoms with Crippen LogP contribution in [0, 0.1) is 17.2 Å². The number of hydrogen-bond acceptors (Lipinski definition) is 7. The van der Waals surface area contributed by atoms with Gasteiger partial charge in [0, 0.05) is 25.0 Å². The maximum absolute atomic E-state index is 13.7. The molecule has 12 heteroatoms. The van der Waals surface area contributed by atoms with E-state index >= 15 is 0 Å². The Morgan fingerprint density at radius 3 is 2.54 bits per heavy atom. The molecule has 0 aromatic carbocycles. The molecule has 2 aliphatic rings. The average Bonchev–Trinajstić information content (AvgIpc) is 3.15. The van der Waals surface area contributed by atoms with E-state index in [9.17, 15) is 33.7 Å². The van der Waals surface area contributed by atoms with Crippen molar-refractivity contribution < 1.29 is 33.2 Å². The third-order valence-electron chi connectivity index (χ3n) is 6.52. The Hall–Kier alpha value is -2.23. The van der Waals surface area contributed by atoms with Gasteiger partial charge in [-0.15, -0.1) is 0 Å². The highest BCUT2D eigenvalue weighted by atomic mass is 19.3. The zero-order valence-corrected chi connectivity index (χ0v) is 21.0. The van der Waals surface area contributed by atoms with E-state index in [-0.39, 0.29) is 31.1 Å². The maximum Gasteiger partial charge on any atom is 0.475 e. The standard InChI is InChI=1S/C23H37BF2N4O5/c1-16(2)11-19(24(33)34)28-21(32)35-14-18-7-5-6-9-30(18)20(31)17(13-27)12-22(3,4)29-10-8-23(25,26)15-29/h12,16,18-19,33-34H,5-11,14-15H2,1-4H3,(H,28,32)/t18-,19+/m1/s1. The van der Waals surface area contributed by atoms with Crippen LogP contribution in [0.2, 0.25) is 0 Å². The molecule has 3 N–H and O–H groups in total. The summed E-state index contributed by atoms with van der Waals surface area (Å²) in [5, 5.41) is 31.1. The number of hydrogen-bond donors (Lipinski definition) is 3. The van der Waals surface area contributed by atoms with Crippen molar-refractivity contribution in [3.05, 3.63) is 11.6 Å². The Kier molecular flexibility index (Phi) is 10.1. The van der Waals surface area contributed by atoms with Crippen molar-refractivity contribution in [1.29, 1.82) is 5.26 Å². The van der Waals surface area contributed by atoms with Crippen molar-refractivity contribution in [2.75, 3.05) is 26.2 Å². The Balaban J connectivity index is 2.06. The number of piperidine rings is 1. The molecule has 0 saturated carbocycles. The van der Waals surface area contributed by atoms with Gasteiger partial charge in [-0.3, -0.25) is 9.69 Å². The third kappa shape index (κ3) is 8.44. The molecule has 0 aromatic rings. The van der Waals surface area contributed by atoms with Crippen molar-refractivity contribution in [3.63, 3.8) is 0 Å². The molecule has 2 heterocycles. The van der Waals surface area contributed by atoms with Gasteiger partial charge < -0.3 is 25.0 Å². The van der Waals surface area contributed by atoms with E-state index < -0.39 is 49.1 Å². The fraction of sp³-hybridized carbons (Fsp3) is 0.783. The van der Waals surface area contributed by atoms with Crippen LogP contribution in [0.3, 0.4) is 0 Å². The van der Waals surface area contributed by atoms with Gasteiger partial charge in [0.15, 0.2) is 0 Å². The summed E-state index contributed by atoms with van der Waals surface area (Å²) in [6.07, 6.45) is 2.79. The first-order valence-electron chi connectivity index (χ1n) is 12.1. The van der Waals surface area contributed by atoms with Gasteiger partial charge in [-0.2, -0.15) is 5.26 Å². The van der Waals surface area contributed by atoms with Crippen LogP contribution < -0.4 is 5.32 Å². The molecule has 0 spiro atoms. The lowest BCUT2D eigenvalue weighted by atomic mass is 9.75. The number of carbonyl (C=O) groups is 2. The number of ether oxygens (including phenoxy) is 1. The summed E-state index contributed by atoms with van der Waals surface area (Å²) in [4.78, 5) is 28.5. The zero-order chi connectivity index (χ0) is 26.4. The Morgan fingerprint density at radius 2 is 2.00 bits per heavy atom. The minimum Gasteiger partial charge on any atom is -0.447 e. The molecular weight excluding hydrogens is 461 g/mol. The number of rotatable bonds is 9. The summed E-state index contributed by atoms with van der Waals surface area (Å²) >= 11 is 0. The highest BCUT2D eigenvalue weighted by molar-refractivity contribution is 6.43. The number of alkyl halides is 2. The average molecular weight is 498 g/mol. The van der Waals surface area contributed by atoms with Crippen molar-refractivity contribution >= 4 is 19.1 Å². The number of nitrogens with zero attached hydrogens (tertiary/aromatic N) is 3. The number of halogens is 2. The van der Waals surface area contributed by atoms with Crippen molar-refractivity contribution in [3.8, 4) is 6.07 Å². The van der Waals surface area contributed by atoms with Crippen molar-refractivity contribution in [2.45, 2.75) is 83.2 Å². The molecule has 2 rings (SSSR count). The number of amides is 2. The van der Waals surface area contributed by atoms with E-state index in [1.54, 1.807) is 18.7 Å². The molecule has 35 heavy (non-hydrogen) atoms. The number of alkyl carbamates (subject to hydrolysis) is 1. The van der Waals surface area contributed by atoms with Crippen LogP contribution in [0.15, 0.2) is 11.6 Å². The van der Waals surface area contributed by atoms with E-state index in [0.29, 0.717) is 19.4 Å². The van der Waals surface area contributed by atoms with Crippen LogP contribution in [0.5, 0.6) is 0 Å². The van der Waals surface area contributed by atoms with Gasteiger partial charge in [0.2, 0.25) is 0 Å². The Morgan fingerprint density at radius 1 is 1.31 bits per heavy atom. The normalized spacial score (nSPS) is 22.0. The van der Waals surface area contributed by atoms with E-state index in [1.807, 2.05) is 19.9 Å². The van der Waals surface area contributed by atoms with Gasteiger partial charge in [0.25, 0.3) is 11.8 Å². The summed E-state index contributed by atoms with van der Waals surface area (Å²) in [6, 6.07) is 1.46. The predicted molar refractivity (Wildman–Crippen MR) is 126 cm³/mol. The van der Waals surface area contributed by atoms with Crippen LogP contribution in [0.1, 0.15) is 59.8 Å². The lowest BCUT2D eigenvalue weighted by Crippen LogP contribution is -2.50. The second kappa shape index (κ2) is 12.1. The number of likely N-dealkylation sites (tertiary alicyclic amines) is 2. The van der Waals surface area contributed by atoms with Gasteiger partial charge in [-0.25, -0.2) is 13.6 Å². The van der Waals surface area contributed by atoms with Crippen LogP contribution in [0.4, 0.5) is 13.6 Å². The Bertz CT molecular complexity index is 831. The highest BCUT2D eigenvalue weighted by Gasteiger charge is 2.43. The van der Waals surface area contributed by atoms with Gasteiger partial charge in [-0.1, -0.05) is 13.8 Å². The fourth-order valence-corrected chi connectivity index (χ4v) is 4.54. The molecular formula is C23H37BF2N4O5. The summed E-state index contributed by atoms with van der Waals surface area (Å²) < 4.78 is 32.7. The van der Waals surface area contributed by atoms with Gasteiger partial charge in [0.1, 0.15) is 18.2 Å². The number of nitrogens with one attached hydrogen (secondary N) is 1. The number of carbonyl (C=O) groups excluding carboxylic acids is 2. The Labute approximate surface area is 206 Å². The molecule has 0 aliphatic carbocycles. The van der Waals surface area contributed by atoms with Gasteiger partial charge in [-0.05, 0) is 51.5 Å². The fourth-order valence-electron chi connectivity index (χ4n) is 4.54. The van der Waals surface area contributed by atoms with Gasteiger partial charge in [0.05, 0.1) is 18.5 Å². The van der Waals surface area contributed by atoms with E-state index in [4.69, 9.17) is 4.74 Å². The second-order valence-corrected chi connectivity index (χ2v) is 10.4. The quantitative estimate of drug-likeness (QED) is 0.253. The summed E-state index contributed by atoms with van der Waals surface area (Å²) in [6.45, 7) is 7.15. The minimum atomic E-state index is -2.79. The summed E-state index contributed by atoms with van der Waals surface area (Å²) in [7, 11) is -1.74. The molecule has 2 fully saturated rings. The van der Waals surface area contributed by atoms with Crippen molar-refractivity contribution in [1.82, 2.24) is 15.1 Å². The smallest absolute Gasteiger partial charge is 0.447 e. The lowest BCUT2D eigenvalue weighted by molar-refractivity contribution is -0.131. The zero-order valence-electron chi connectivity index (χ0n) is 21.0. The lowest BCUT2D eigenvalue weighted by Gasteiger charge is -2.36. The number of nitriles is 1. The topological polar surface area (TPSA) is 126 Å². The molecule has 0 bridgehead atoms. The first kappa shape index (κ1) is 29.0. The predicted octanol–water partition coefficient (Wildman–Crippen LogP) is 2.09. The maximum atomic E-state index is 13.7. The molecule has 0 radical (unpaired) electrons. The van der Waals surface area contributed by atoms with Crippen LogP contribution in [-0.4, -0.2) is 88.7 Å². The van der Waals surface area contributed by atoms with E-state index in [1.165, 1.54) is 11.0 Å². The van der Waals surface area contributed by atoms with Crippen LogP contribution in [-0.2, 0) is 9.53 Å². The van der Waals surface area contributed by atoms with Crippen molar-refractivity contribution in [2.24, 2.45) is 5.92 Å². The molecule has 9 nitrogen and oxygen atoms in total. The molecule has 0 unspecified atom stereocenters. The molecule has 0 aromatic heterocycles. The second-order valence-electron chi connectivity index (χ2n) is 10.4. The summed E-state index contributed by atoms with van der Waals surface area (Å²) in [5.74, 6) is -4.10. The first-order valence-corrected chi connectivity index (χ1v) is 12.1. The first-order chi connectivity index (χ1) is 16.3. The SMILES string of the molecule is CC(C)C[C@H](NC(=O)OC[C@H]1CCCCN1C(=O)C(C#N)=CC(C)(C)N1CCC(F)(F)C1)B(O)O. The van der Waals surface area contributed by atoms with E-state index in [2.05, 4.69) is 5.32 Å². The van der Waals surface area contributed by atoms with E-state index in [0.717, 1.165) is 12.8 Å². The van der Waals surface area contributed by atoms with Gasteiger partial charge >= 0.3 is 13.2 Å². The molecule has 2 saturated heterocycles. The largest absolute Gasteiger partial charge is 0.475 e. The van der Waals surface area contributed by atoms with Crippen LogP contribution >= 0.6 is 0 Å². The molecule has 2 amide bonds. The van der Waals surface area contributed by atoms with Crippen LogP contribution in [0.25, 0.3) is 0 Å². The minimum absolute atomic E-state index is 0.112. The molecule has 2 aliphatic heterocycles. The highest BCUT2D eigenvalue weighted by Crippen LogP contribution is 2.33.